The van der Waals surface area contributed by atoms with Crippen molar-refractivity contribution in [1.82, 2.24) is 15.6 Å². The van der Waals surface area contributed by atoms with Gasteiger partial charge >= 0.3 is 12.0 Å². The lowest BCUT2D eigenvalue weighted by Gasteiger charge is -2.17. The Hall–Kier alpha value is -2.51. The number of rotatable bonds is 5. The molecule has 2 heterocycles. The number of ether oxygens (including phenoxy) is 1. The van der Waals surface area contributed by atoms with Crippen LogP contribution in [0, 0.1) is 0 Å². The molecule has 3 rings (SSSR count). The topological polar surface area (TPSA) is 92.4 Å². The number of aromatic nitrogens is 1. The molecule has 1 aromatic carbocycles. The molecule has 136 valence electrons. The zero-order valence-corrected chi connectivity index (χ0v) is 15.2. The molecule has 1 aliphatic heterocycles. The molecule has 0 unspecified atom stereocenters. The maximum atomic E-state index is 11.9. The van der Waals surface area contributed by atoms with Crippen molar-refractivity contribution in [2.24, 2.45) is 0 Å². The van der Waals surface area contributed by atoms with E-state index >= 15 is 0 Å². The first kappa shape index (κ1) is 18.3. The Bertz CT molecular complexity index is 845. The molecular weight excluding hydrogens is 379 g/mol. The van der Waals surface area contributed by atoms with Crippen molar-refractivity contribution in [3.05, 3.63) is 51.6 Å². The third-order valence-corrected chi connectivity index (χ3v) is 4.38. The second kappa shape index (κ2) is 8.25. The van der Waals surface area contributed by atoms with Crippen LogP contribution in [0.2, 0.25) is 10.0 Å². The first-order valence-electron chi connectivity index (χ1n) is 7.91. The molecule has 7 nitrogen and oxygen atoms in total. The van der Waals surface area contributed by atoms with E-state index in [1.54, 1.807) is 30.3 Å². The summed E-state index contributed by atoms with van der Waals surface area (Å²) in [6.07, 6.45) is 0.545. The van der Waals surface area contributed by atoms with E-state index in [4.69, 9.17) is 27.9 Å². The lowest BCUT2D eigenvalue weighted by molar-refractivity contribution is -0.132. The summed E-state index contributed by atoms with van der Waals surface area (Å²) in [4.78, 5) is 27.4. The van der Waals surface area contributed by atoms with Crippen LogP contribution in [0.15, 0.2) is 30.3 Å². The van der Waals surface area contributed by atoms with E-state index in [1.807, 2.05) is 0 Å². The van der Waals surface area contributed by atoms with Crippen LogP contribution in [0.1, 0.15) is 11.3 Å². The number of hydrogen-bond acceptors (Lipinski definition) is 5. The van der Waals surface area contributed by atoms with Gasteiger partial charge in [-0.3, -0.25) is 0 Å². The molecule has 3 N–H and O–H groups in total. The van der Waals surface area contributed by atoms with Gasteiger partial charge in [0.25, 0.3) is 0 Å². The molecule has 0 aliphatic carbocycles. The van der Waals surface area contributed by atoms with Crippen LogP contribution in [-0.2, 0) is 17.8 Å². The molecule has 0 atom stereocenters. The summed E-state index contributed by atoms with van der Waals surface area (Å²) in [5.41, 5.74) is 1.63. The van der Waals surface area contributed by atoms with Crippen LogP contribution in [0.3, 0.4) is 0 Å². The summed E-state index contributed by atoms with van der Waals surface area (Å²) in [5, 5.41) is 9.32. The highest BCUT2D eigenvalue weighted by Crippen LogP contribution is 2.25. The van der Waals surface area contributed by atoms with E-state index in [0.29, 0.717) is 41.1 Å². The molecular formula is C17H16Cl2N4O3. The number of fused-ring (bicyclic) bond motifs is 1. The minimum absolute atomic E-state index is 0.0961. The molecule has 2 amide bonds. The van der Waals surface area contributed by atoms with Crippen molar-refractivity contribution in [3.63, 3.8) is 0 Å². The average molecular weight is 395 g/mol. The molecule has 0 saturated carbocycles. The summed E-state index contributed by atoms with van der Waals surface area (Å²) in [5.74, 6) is 0.607. The lowest BCUT2D eigenvalue weighted by Crippen LogP contribution is -2.36. The van der Waals surface area contributed by atoms with Crippen LogP contribution in [0.4, 0.5) is 10.6 Å². The van der Waals surface area contributed by atoms with Crippen molar-refractivity contribution < 1.29 is 14.3 Å². The van der Waals surface area contributed by atoms with Crippen molar-refractivity contribution in [3.8, 4) is 5.75 Å². The zero-order chi connectivity index (χ0) is 18.5. The minimum Gasteiger partial charge on any atom is -0.421 e. The summed E-state index contributed by atoms with van der Waals surface area (Å²) >= 11 is 11.8. The van der Waals surface area contributed by atoms with Crippen molar-refractivity contribution in [1.29, 1.82) is 0 Å². The number of urea groups is 1. The first-order valence-corrected chi connectivity index (χ1v) is 8.67. The fourth-order valence-corrected chi connectivity index (χ4v) is 2.67. The van der Waals surface area contributed by atoms with Gasteiger partial charge in [0.1, 0.15) is 6.54 Å². The third-order valence-electron chi connectivity index (χ3n) is 3.64. The number of hydrogen-bond donors (Lipinski definition) is 3. The van der Waals surface area contributed by atoms with Crippen molar-refractivity contribution in [2.75, 3.05) is 18.4 Å². The number of pyridine rings is 1. The SMILES string of the molecule is O=C(NCCc1ccc2c(n1)NCC(=O)O2)NCc1ccc(Cl)c(Cl)c1. The molecule has 1 aromatic heterocycles. The van der Waals surface area contributed by atoms with Gasteiger partial charge in [-0.05, 0) is 29.8 Å². The van der Waals surface area contributed by atoms with Crippen LogP contribution < -0.4 is 20.7 Å². The highest BCUT2D eigenvalue weighted by atomic mass is 35.5. The molecule has 26 heavy (non-hydrogen) atoms. The standard InChI is InChI=1S/C17H16Cl2N4O3/c18-12-3-1-10(7-13(12)19)8-22-17(25)20-6-5-11-2-4-14-16(23-11)21-9-15(24)26-14/h1-4,7H,5-6,8-9H2,(H,21,23)(H2,20,22,25). The van der Waals surface area contributed by atoms with Crippen molar-refractivity contribution >= 4 is 41.0 Å². The van der Waals surface area contributed by atoms with E-state index in [9.17, 15) is 9.59 Å². The first-order chi connectivity index (χ1) is 12.5. The van der Waals surface area contributed by atoms with E-state index in [1.165, 1.54) is 0 Å². The second-order valence-corrected chi connectivity index (χ2v) is 6.40. The summed E-state index contributed by atoms with van der Waals surface area (Å²) in [6, 6.07) is 8.35. The monoisotopic (exact) mass is 394 g/mol. The number of esters is 1. The fourth-order valence-electron chi connectivity index (χ4n) is 2.35. The van der Waals surface area contributed by atoms with Gasteiger partial charge in [0.05, 0.1) is 10.0 Å². The summed E-state index contributed by atoms with van der Waals surface area (Å²) in [7, 11) is 0. The van der Waals surface area contributed by atoms with Gasteiger partial charge in [0.15, 0.2) is 11.6 Å². The van der Waals surface area contributed by atoms with E-state index in [2.05, 4.69) is 20.9 Å². The molecule has 0 spiro atoms. The normalized spacial score (nSPS) is 12.6. The molecule has 0 radical (unpaired) electrons. The molecule has 9 heteroatoms. The minimum atomic E-state index is -0.340. The third kappa shape index (κ3) is 4.77. The number of carbonyl (C=O) groups excluding carboxylic acids is 2. The predicted molar refractivity (Wildman–Crippen MR) is 98.8 cm³/mol. The van der Waals surface area contributed by atoms with Gasteiger partial charge in [-0.25, -0.2) is 14.6 Å². The zero-order valence-electron chi connectivity index (χ0n) is 13.6. The average Bonchev–Trinajstić information content (AvgIpc) is 2.63. The maximum absolute atomic E-state index is 11.9. The van der Waals surface area contributed by atoms with Crippen molar-refractivity contribution in [2.45, 2.75) is 13.0 Å². The number of nitrogens with zero attached hydrogens (tertiary/aromatic N) is 1. The quantitative estimate of drug-likeness (QED) is 0.678. The molecule has 0 saturated heterocycles. The molecule has 2 aromatic rings. The Morgan fingerprint density at radius 2 is 2.04 bits per heavy atom. The number of amides is 2. The van der Waals surface area contributed by atoms with Crippen LogP contribution in [0.5, 0.6) is 5.75 Å². The van der Waals surface area contributed by atoms with E-state index in [-0.39, 0.29) is 18.5 Å². The lowest BCUT2D eigenvalue weighted by atomic mass is 10.2. The van der Waals surface area contributed by atoms with Gasteiger partial charge in [0, 0.05) is 25.2 Å². The predicted octanol–water partition coefficient (Wildman–Crippen LogP) is 2.76. The number of halogens is 2. The highest BCUT2D eigenvalue weighted by molar-refractivity contribution is 6.42. The summed E-state index contributed by atoms with van der Waals surface area (Å²) < 4.78 is 5.06. The van der Waals surface area contributed by atoms with E-state index in [0.717, 1.165) is 11.3 Å². The Morgan fingerprint density at radius 1 is 1.19 bits per heavy atom. The Morgan fingerprint density at radius 3 is 2.85 bits per heavy atom. The van der Waals surface area contributed by atoms with E-state index < -0.39 is 0 Å². The Balaban J connectivity index is 1.43. The van der Waals surface area contributed by atoms with Gasteiger partial charge in [-0.15, -0.1) is 0 Å². The number of nitrogens with one attached hydrogen (secondary N) is 3. The smallest absolute Gasteiger partial charge is 0.330 e. The fraction of sp³-hybridized carbons (Fsp3) is 0.235. The molecule has 1 aliphatic rings. The highest BCUT2D eigenvalue weighted by Gasteiger charge is 2.17. The van der Waals surface area contributed by atoms with Crippen LogP contribution in [0.25, 0.3) is 0 Å². The summed E-state index contributed by atoms with van der Waals surface area (Å²) in [6.45, 7) is 0.854. The van der Waals surface area contributed by atoms with Gasteiger partial charge < -0.3 is 20.7 Å². The Kier molecular flexibility index (Phi) is 5.80. The van der Waals surface area contributed by atoms with Gasteiger partial charge in [-0.1, -0.05) is 29.3 Å². The van der Waals surface area contributed by atoms with Crippen LogP contribution >= 0.6 is 23.2 Å². The second-order valence-electron chi connectivity index (χ2n) is 5.58. The Labute approximate surface area is 160 Å². The largest absolute Gasteiger partial charge is 0.421 e. The molecule has 0 bridgehead atoms. The molecule has 0 fully saturated rings. The van der Waals surface area contributed by atoms with Gasteiger partial charge in [0.2, 0.25) is 0 Å². The number of anilines is 1. The van der Waals surface area contributed by atoms with Crippen LogP contribution in [-0.4, -0.2) is 30.1 Å². The number of carbonyl (C=O) groups is 2. The van der Waals surface area contributed by atoms with Gasteiger partial charge in [-0.2, -0.15) is 0 Å². The maximum Gasteiger partial charge on any atom is 0.330 e. The number of benzene rings is 1.